The van der Waals surface area contributed by atoms with Crippen molar-refractivity contribution in [3.63, 3.8) is 0 Å². The highest BCUT2D eigenvalue weighted by atomic mass is 19.4. The highest BCUT2D eigenvalue weighted by Crippen LogP contribution is 2.39. The van der Waals surface area contributed by atoms with Crippen molar-refractivity contribution in [2.24, 2.45) is 17.8 Å². The lowest BCUT2D eigenvalue weighted by Gasteiger charge is -2.34. The highest BCUT2D eigenvalue weighted by molar-refractivity contribution is 5.87. The van der Waals surface area contributed by atoms with Crippen molar-refractivity contribution in [3.05, 3.63) is 0 Å². The van der Waals surface area contributed by atoms with E-state index in [1.807, 2.05) is 0 Å². The first-order chi connectivity index (χ1) is 12.3. The van der Waals surface area contributed by atoms with Crippen molar-refractivity contribution < 1.29 is 27.5 Å². The van der Waals surface area contributed by atoms with Gasteiger partial charge < -0.3 is 19.4 Å². The van der Waals surface area contributed by atoms with E-state index >= 15 is 0 Å². The standard InChI is InChI=1S/C17H26F3N3O3/c1-21-4-5-23(11-15(21)24)16(25)13-9-22(10-14(13)17(18,19)20)8-12-2-6-26-7-3-12/h12-14H,2-11H2,1H3/t13-,14-/m1/s1. The molecule has 148 valence electrons. The maximum Gasteiger partial charge on any atom is 0.393 e. The molecule has 9 heteroatoms. The lowest BCUT2D eigenvalue weighted by molar-refractivity contribution is -0.186. The number of halogens is 3. The Labute approximate surface area is 151 Å². The van der Waals surface area contributed by atoms with Gasteiger partial charge in [-0.2, -0.15) is 13.2 Å². The highest BCUT2D eigenvalue weighted by Gasteiger charge is 2.53. The number of likely N-dealkylation sites (tertiary alicyclic amines) is 1. The zero-order valence-electron chi connectivity index (χ0n) is 15.0. The van der Waals surface area contributed by atoms with Crippen molar-refractivity contribution in [2.75, 3.05) is 59.5 Å². The average molecular weight is 377 g/mol. The van der Waals surface area contributed by atoms with E-state index in [9.17, 15) is 22.8 Å². The van der Waals surface area contributed by atoms with Crippen LogP contribution in [0.1, 0.15) is 12.8 Å². The molecule has 0 aromatic carbocycles. The van der Waals surface area contributed by atoms with Gasteiger partial charge in [-0.05, 0) is 18.8 Å². The van der Waals surface area contributed by atoms with Crippen molar-refractivity contribution in [1.29, 1.82) is 0 Å². The molecule has 0 aromatic rings. The van der Waals surface area contributed by atoms with Crippen LogP contribution in [0.5, 0.6) is 0 Å². The van der Waals surface area contributed by atoms with Crippen LogP contribution in [0.3, 0.4) is 0 Å². The normalized spacial score (nSPS) is 29.5. The minimum absolute atomic E-state index is 0.112. The quantitative estimate of drug-likeness (QED) is 0.731. The second-order valence-electron chi connectivity index (χ2n) is 7.60. The Morgan fingerprint density at radius 2 is 1.88 bits per heavy atom. The van der Waals surface area contributed by atoms with Gasteiger partial charge in [0.15, 0.2) is 0 Å². The molecule has 0 spiro atoms. The Morgan fingerprint density at radius 1 is 1.19 bits per heavy atom. The fraction of sp³-hybridized carbons (Fsp3) is 0.882. The number of rotatable bonds is 3. The second kappa shape index (κ2) is 7.72. The van der Waals surface area contributed by atoms with Gasteiger partial charge in [-0.3, -0.25) is 9.59 Å². The molecule has 0 saturated carbocycles. The van der Waals surface area contributed by atoms with Gasteiger partial charge in [0.1, 0.15) is 0 Å². The molecule has 0 bridgehead atoms. The van der Waals surface area contributed by atoms with Gasteiger partial charge in [-0.25, -0.2) is 0 Å². The molecule has 0 radical (unpaired) electrons. The Morgan fingerprint density at radius 3 is 2.50 bits per heavy atom. The molecule has 0 aromatic heterocycles. The Hall–Kier alpha value is -1.35. The molecule has 3 aliphatic rings. The van der Waals surface area contributed by atoms with Gasteiger partial charge in [-0.15, -0.1) is 0 Å². The molecule has 2 amide bonds. The second-order valence-corrected chi connectivity index (χ2v) is 7.60. The van der Waals surface area contributed by atoms with Crippen LogP contribution in [0.2, 0.25) is 0 Å². The molecular weight excluding hydrogens is 351 g/mol. The number of likely N-dealkylation sites (N-methyl/N-ethyl adjacent to an activating group) is 1. The summed E-state index contributed by atoms with van der Waals surface area (Å²) >= 11 is 0. The van der Waals surface area contributed by atoms with Gasteiger partial charge in [0, 0.05) is 53.0 Å². The number of carbonyl (C=O) groups is 2. The summed E-state index contributed by atoms with van der Waals surface area (Å²) in [5, 5.41) is 0. The van der Waals surface area contributed by atoms with Gasteiger partial charge in [0.05, 0.1) is 18.4 Å². The van der Waals surface area contributed by atoms with Crippen LogP contribution in [0, 0.1) is 17.8 Å². The summed E-state index contributed by atoms with van der Waals surface area (Å²) in [6.07, 6.45) is -2.72. The van der Waals surface area contributed by atoms with Gasteiger partial charge in [0.25, 0.3) is 0 Å². The van der Waals surface area contributed by atoms with Crippen LogP contribution in [0.25, 0.3) is 0 Å². The predicted octanol–water partition coefficient (Wildman–Crippen LogP) is 0.824. The zero-order valence-corrected chi connectivity index (χ0v) is 15.0. The molecule has 6 nitrogen and oxygen atoms in total. The molecule has 26 heavy (non-hydrogen) atoms. The Kier molecular flexibility index (Phi) is 5.76. The number of nitrogens with zero attached hydrogens (tertiary/aromatic N) is 3. The number of hydrogen-bond acceptors (Lipinski definition) is 4. The summed E-state index contributed by atoms with van der Waals surface area (Å²) in [6, 6.07) is 0. The number of hydrogen-bond donors (Lipinski definition) is 0. The van der Waals surface area contributed by atoms with Gasteiger partial charge in [-0.1, -0.05) is 0 Å². The smallest absolute Gasteiger partial charge is 0.381 e. The molecule has 0 aliphatic carbocycles. The van der Waals surface area contributed by atoms with Crippen molar-refractivity contribution in [1.82, 2.24) is 14.7 Å². The fourth-order valence-corrected chi connectivity index (χ4v) is 4.09. The van der Waals surface area contributed by atoms with Gasteiger partial charge in [0.2, 0.25) is 11.8 Å². The van der Waals surface area contributed by atoms with E-state index in [-0.39, 0.29) is 25.5 Å². The number of alkyl halides is 3. The third-order valence-electron chi connectivity index (χ3n) is 5.76. The van der Waals surface area contributed by atoms with Crippen LogP contribution in [0.4, 0.5) is 13.2 Å². The van der Waals surface area contributed by atoms with Gasteiger partial charge >= 0.3 is 6.18 Å². The minimum Gasteiger partial charge on any atom is -0.381 e. The molecule has 3 saturated heterocycles. The van der Waals surface area contributed by atoms with E-state index in [0.717, 1.165) is 12.8 Å². The Bertz CT molecular complexity index is 537. The molecule has 3 heterocycles. The third-order valence-corrected chi connectivity index (χ3v) is 5.76. The summed E-state index contributed by atoms with van der Waals surface area (Å²) in [5.74, 6) is -3.24. The Balaban J connectivity index is 1.66. The van der Waals surface area contributed by atoms with E-state index in [2.05, 4.69) is 0 Å². The molecule has 3 fully saturated rings. The van der Waals surface area contributed by atoms with Crippen LogP contribution < -0.4 is 0 Å². The van der Waals surface area contributed by atoms with Crippen LogP contribution in [0.15, 0.2) is 0 Å². The molecule has 0 N–H and O–H groups in total. The summed E-state index contributed by atoms with van der Waals surface area (Å²) in [4.78, 5) is 29.1. The van der Waals surface area contributed by atoms with Crippen molar-refractivity contribution >= 4 is 11.8 Å². The van der Waals surface area contributed by atoms with Crippen molar-refractivity contribution in [3.8, 4) is 0 Å². The number of piperazine rings is 1. The SMILES string of the molecule is CN1CCN(C(=O)[C@@H]2CN(CC3CCOCC3)C[C@H]2C(F)(F)F)CC1=O. The topological polar surface area (TPSA) is 53.1 Å². The van der Waals surface area contributed by atoms with E-state index in [4.69, 9.17) is 4.74 Å². The first-order valence-corrected chi connectivity index (χ1v) is 9.15. The largest absolute Gasteiger partial charge is 0.393 e. The first kappa shape index (κ1) is 19.4. The van der Waals surface area contributed by atoms with Crippen LogP contribution in [-0.4, -0.2) is 92.2 Å². The number of ether oxygens (including phenoxy) is 1. The molecule has 3 aliphatic heterocycles. The van der Waals surface area contributed by atoms with E-state index in [0.29, 0.717) is 38.8 Å². The zero-order chi connectivity index (χ0) is 18.9. The minimum atomic E-state index is -4.42. The fourth-order valence-electron chi connectivity index (χ4n) is 4.09. The monoisotopic (exact) mass is 377 g/mol. The maximum atomic E-state index is 13.5. The molecule has 2 atom stereocenters. The molecule has 3 rings (SSSR count). The summed E-state index contributed by atoms with van der Waals surface area (Å²) in [5.41, 5.74) is 0. The first-order valence-electron chi connectivity index (χ1n) is 9.15. The number of amides is 2. The third kappa shape index (κ3) is 4.31. The van der Waals surface area contributed by atoms with E-state index in [1.54, 1.807) is 11.9 Å². The number of carbonyl (C=O) groups excluding carboxylic acids is 2. The lowest BCUT2D eigenvalue weighted by atomic mass is 9.93. The van der Waals surface area contributed by atoms with Crippen LogP contribution in [-0.2, 0) is 14.3 Å². The average Bonchev–Trinajstić information content (AvgIpc) is 3.02. The van der Waals surface area contributed by atoms with E-state index in [1.165, 1.54) is 9.80 Å². The van der Waals surface area contributed by atoms with Crippen molar-refractivity contribution in [2.45, 2.75) is 19.0 Å². The van der Waals surface area contributed by atoms with E-state index < -0.39 is 23.9 Å². The lowest BCUT2D eigenvalue weighted by Crippen LogP contribution is -2.53. The summed E-state index contributed by atoms with van der Waals surface area (Å²) in [7, 11) is 1.63. The summed E-state index contributed by atoms with van der Waals surface area (Å²) in [6.45, 7) is 2.36. The van der Waals surface area contributed by atoms with Crippen LogP contribution >= 0.6 is 0 Å². The molecule has 0 unspecified atom stereocenters. The molecular formula is C17H26F3N3O3. The maximum absolute atomic E-state index is 13.5. The predicted molar refractivity (Wildman–Crippen MR) is 87.2 cm³/mol. The summed E-state index contributed by atoms with van der Waals surface area (Å²) < 4.78 is 45.9.